The second-order valence-electron chi connectivity index (χ2n) is 3.37. The van der Waals surface area contributed by atoms with Crippen molar-refractivity contribution in [3.05, 3.63) is 22.0 Å². The third kappa shape index (κ3) is 3.21. The summed E-state index contributed by atoms with van der Waals surface area (Å²) in [6, 6.07) is -0.0251. The number of ether oxygens (including phenoxy) is 1. The van der Waals surface area contributed by atoms with Crippen LogP contribution in [0.1, 0.15) is 31.6 Å². The fraction of sp³-hybridized carbons (Fsp3) is 0.545. The molecule has 0 amide bonds. The van der Waals surface area contributed by atoms with Crippen molar-refractivity contribution in [2.75, 3.05) is 13.7 Å². The van der Waals surface area contributed by atoms with Crippen LogP contribution < -0.4 is 10.1 Å². The molecule has 1 aromatic heterocycles. The molecule has 0 saturated heterocycles. The van der Waals surface area contributed by atoms with Crippen LogP contribution in [-0.4, -0.2) is 18.8 Å². The average Bonchev–Trinajstić information content (AvgIpc) is 2.64. The summed E-state index contributed by atoms with van der Waals surface area (Å²) in [5, 5.41) is 6.99. The molecule has 0 bridgehead atoms. The topological polar surface area (TPSA) is 47.3 Å². The number of nitrogens with zero attached hydrogens (tertiary/aromatic N) is 1. The molecule has 1 atom stereocenters. The molecule has 90 valence electrons. The molecule has 5 heteroatoms. The molecule has 1 aromatic rings. The smallest absolute Gasteiger partial charge is 0.268 e. The number of likely N-dealkylation sites (N-methyl/N-ethyl adjacent to an activating group) is 1. The van der Waals surface area contributed by atoms with Gasteiger partial charge in [0.25, 0.3) is 5.88 Å². The molecule has 0 aliphatic rings. The highest BCUT2D eigenvalue weighted by atomic mass is 127. The molecule has 0 fully saturated rings. The number of hydrogen-bond acceptors (Lipinski definition) is 4. The summed E-state index contributed by atoms with van der Waals surface area (Å²) in [5.41, 5.74) is 0. The zero-order valence-electron chi connectivity index (χ0n) is 9.62. The van der Waals surface area contributed by atoms with Crippen LogP contribution in [-0.2, 0) is 0 Å². The molecule has 0 aliphatic carbocycles. The SMILES string of the molecule is C=C[C@H](NC)c1onc(OCCCC)c1I. The molecule has 0 unspecified atom stereocenters. The van der Waals surface area contributed by atoms with E-state index in [1.807, 2.05) is 7.05 Å². The third-order valence-electron chi connectivity index (χ3n) is 2.20. The van der Waals surface area contributed by atoms with Gasteiger partial charge in [0.2, 0.25) is 0 Å². The zero-order chi connectivity index (χ0) is 12.0. The molecule has 0 radical (unpaired) electrons. The number of hydrogen-bond donors (Lipinski definition) is 1. The zero-order valence-corrected chi connectivity index (χ0v) is 11.8. The lowest BCUT2D eigenvalue weighted by atomic mass is 10.2. The van der Waals surface area contributed by atoms with E-state index in [0.29, 0.717) is 12.5 Å². The molecular weight excluding hydrogens is 319 g/mol. The van der Waals surface area contributed by atoms with Crippen molar-refractivity contribution in [1.29, 1.82) is 0 Å². The van der Waals surface area contributed by atoms with Gasteiger partial charge in [-0.15, -0.1) is 6.58 Å². The van der Waals surface area contributed by atoms with E-state index in [-0.39, 0.29) is 6.04 Å². The van der Waals surface area contributed by atoms with Crippen LogP contribution in [0.5, 0.6) is 5.88 Å². The van der Waals surface area contributed by atoms with E-state index in [4.69, 9.17) is 9.26 Å². The minimum absolute atomic E-state index is 0.0251. The number of aromatic nitrogens is 1. The Morgan fingerprint density at radius 1 is 1.69 bits per heavy atom. The van der Waals surface area contributed by atoms with Crippen LogP contribution in [0.4, 0.5) is 0 Å². The van der Waals surface area contributed by atoms with E-state index >= 15 is 0 Å². The predicted molar refractivity (Wildman–Crippen MR) is 71.6 cm³/mol. The van der Waals surface area contributed by atoms with Gasteiger partial charge in [-0.05, 0) is 41.2 Å². The Bertz CT molecular complexity index is 339. The summed E-state index contributed by atoms with van der Waals surface area (Å²) in [7, 11) is 1.85. The van der Waals surface area contributed by atoms with Crippen molar-refractivity contribution in [3.63, 3.8) is 0 Å². The van der Waals surface area contributed by atoms with Crippen molar-refractivity contribution < 1.29 is 9.26 Å². The third-order valence-corrected chi connectivity index (χ3v) is 3.19. The lowest BCUT2D eigenvalue weighted by Crippen LogP contribution is -2.13. The first-order chi connectivity index (χ1) is 7.74. The van der Waals surface area contributed by atoms with Crippen molar-refractivity contribution in [2.45, 2.75) is 25.8 Å². The van der Waals surface area contributed by atoms with Gasteiger partial charge in [-0.2, -0.15) is 0 Å². The van der Waals surface area contributed by atoms with Gasteiger partial charge in [0.05, 0.1) is 12.6 Å². The molecule has 1 N–H and O–H groups in total. The van der Waals surface area contributed by atoms with Crippen LogP contribution in [0.15, 0.2) is 17.2 Å². The second-order valence-corrected chi connectivity index (χ2v) is 4.45. The average molecular weight is 336 g/mol. The van der Waals surface area contributed by atoms with E-state index in [0.717, 1.165) is 22.2 Å². The first-order valence-electron chi connectivity index (χ1n) is 5.32. The van der Waals surface area contributed by atoms with Gasteiger partial charge in [-0.1, -0.05) is 19.4 Å². The van der Waals surface area contributed by atoms with Crippen molar-refractivity contribution in [3.8, 4) is 5.88 Å². The summed E-state index contributed by atoms with van der Waals surface area (Å²) < 4.78 is 11.7. The fourth-order valence-electron chi connectivity index (χ4n) is 1.23. The fourth-order valence-corrected chi connectivity index (χ4v) is 1.92. The van der Waals surface area contributed by atoms with Gasteiger partial charge in [0, 0.05) is 0 Å². The lowest BCUT2D eigenvalue weighted by Gasteiger charge is -2.06. The summed E-state index contributed by atoms with van der Waals surface area (Å²) in [5.74, 6) is 1.33. The van der Waals surface area contributed by atoms with Gasteiger partial charge >= 0.3 is 0 Å². The molecule has 1 rings (SSSR count). The van der Waals surface area contributed by atoms with Crippen LogP contribution in [0.2, 0.25) is 0 Å². The first-order valence-corrected chi connectivity index (χ1v) is 6.40. The van der Waals surface area contributed by atoms with Gasteiger partial charge in [-0.25, -0.2) is 0 Å². The largest absolute Gasteiger partial charge is 0.475 e. The summed E-state index contributed by atoms with van der Waals surface area (Å²) >= 11 is 2.18. The summed E-state index contributed by atoms with van der Waals surface area (Å²) in [4.78, 5) is 0. The Morgan fingerprint density at radius 2 is 2.44 bits per heavy atom. The highest BCUT2D eigenvalue weighted by Crippen LogP contribution is 2.28. The van der Waals surface area contributed by atoms with E-state index in [1.54, 1.807) is 6.08 Å². The Balaban J connectivity index is 2.71. The number of rotatable bonds is 7. The predicted octanol–water partition coefficient (Wildman–Crippen LogP) is 2.90. The lowest BCUT2D eigenvalue weighted by molar-refractivity contribution is 0.268. The molecule has 1 heterocycles. The van der Waals surface area contributed by atoms with E-state index in [2.05, 4.69) is 46.6 Å². The van der Waals surface area contributed by atoms with Gasteiger partial charge in [0.15, 0.2) is 5.76 Å². The molecule has 16 heavy (non-hydrogen) atoms. The van der Waals surface area contributed by atoms with Gasteiger partial charge < -0.3 is 14.6 Å². The summed E-state index contributed by atoms with van der Waals surface area (Å²) in [6.45, 7) is 6.54. The maximum absolute atomic E-state index is 5.52. The van der Waals surface area contributed by atoms with Crippen molar-refractivity contribution in [1.82, 2.24) is 10.5 Å². The van der Waals surface area contributed by atoms with E-state index in [1.165, 1.54) is 0 Å². The molecule has 0 aliphatic heterocycles. The van der Waals surface area contributed by atoms with Crippen molar-refractivity contribution >= 4 is 22.6 Å². The van der Waals surface area contributed by atoms with Crippen LogP contribution >= 0.6 is 22.6 Å². The first kappa shape index (κ1) is 13.5. The Labute approximate surface area is 110 Å². The van der Waals surface area contributed by atoms with Gasteiger partial charge in [-0.3, -0.25) is 0 Å². The molecule has 4 nitrogen and oxygen atoms in total. The van der Waals surface area contributed by atoms with Crippen LogP contribution in [0, 0.1) is 3.57 Å². The summed E-state index contributed by atoms with van der Waals surface area (Å²) in [6.07, 6.45) is 3.90. The maximum atomic E-state index is 5.52. The number of unbranched alkanes of at least 4 members (excludes halogenated alkanes) is 1. The highest BCUT2D eigenvalue weighted by Gasteiger charge is 2.20. The minimum Gasteiger partial charge on any atom is -0.475 e. The molecule has 0 spiro atoms. The maximum Gasteiger partial charge on any atom is 0.268 e. The monoisotopic (exact) mass is 336 g/mol. The molecule has 0 aromatic carbocycles. The van der Waals surface area contributed by atoms with E-state index < -0.39 is 0 Å². The molecule has 0 saturated carbocycles. The standard InChI is InChI=1S/C11H17IN2O2/c1-4-6-7-15-11-9(12)10(16-14-11)8(5-2)13-3/h5,8,13H,2,4,6-7H2,1,3H3/t8-/m0/s1. The van der Waals surface area contributed by atoms with E-state index in [9.17, 15) is 0 Å². The Kier molecular flexibility index (Phi) is 5.83. The minimum atomic E-state index is -0.0251. The van der Waals surface area contributed by atoms with Crippen LogP contribution in [0.3, 0.4) is 0 Å². The normalized spacial score (nSPS) is 12.4. The number of nitrogens with one attached hydrogen (secondary N) is 1. The second kappa shape index (κ2) is 6.90. The molecular formula is C11H17IN2O2. The van der Waals surface area contributed by atoms with Crippen LogP contribution in [0.25, 0.3) is 0 Å². The quantitative estimate of drug-likeness (QED) is 0.473. The van der Waals surface area contributed by atoms with Crippen molar-refractivity contribution in [2.24, 2.45) is 0 Å². The highest BCUT2D eigenvalue weighted by molar-refractivity contribution is 14.1. The van der Waals surface area contributed by atoms with Gasteiger partial charge in [0.1, 0.15) is 3.57 Å². The Hall–Kier alpha value is -0.560. The Morgan fingerprint density at radius 3 is 3.00 bits per heavy atom. The number of halogens is 1.